The topological polar surface area (TPSA) is 55.4 Å². The van der Waals surface area contributed by atoms with E-state index in [4.69, 9.17) is 0 Å². The largest absolute Gasteiger partial charge is 0.467 e. The smallest absolute Gasteiger partial charge is 0.328 e. The van der Waals surface area contributed by atoms with Gasteiger partial charge in [0.15, 0.2) is 0 Å². The molecule has 1 aromatic carbocycles. The van der Waals surface area contributed by atoms with Gasteiger partial charge in [0.2, 0.25) is 5.91 Å². The summed E-state index contributed by atoms with van der Waals surface area (Å²) in [6.45, 7) is 1.40. The number of benzene rings is 1. The molecule has 1 atom stereocenters. The molecule has 0 aliphatic carbocycles. The molecule has 4 heteroatoms. The van der Waals surface area contributed by atoms with Crippen LogP contribution in [0.5, 0.6) is 0 Å². The van der Waals surface area contributed by atoms with Gasteiger partial charge < -0.3 is 10.1 Å². The Hall–Kier alpha value is -1.84. The van der Waals surface area contributed by atoms with Crippen LogP contribution in [0, 0.1) is 0 Å². The monoisotopic (exact) mass is 249 g/mol. The molecule has 1 amide bonds. The van der Waals surface area contributed by atoms with Gasteiger partial charge in [0.1, 0.15) is 6.04 Å². The van der Waals surface area contributed by atoms with Gasteiger partial charge in [0.05, 0.1) is 7.11 Å². The summed E-state index contributed by atoms with van der Waals surface area (Å²) in [6, 6.07) is 9.49. The number of nitrogens with one attached hydrogen (secondary N) is 1. The summed E-state index contributed by atoms with van der Waals surface area (Å²) in [5.41, 5.74) is 1.23. The highest BCUT2D eigenvalue weighted by molar-refractivity contribution is 5.83. The number of hydrogen-bond donors (Lipinski definition) is 1. The van der Waals surface area contributed by atoms with Gasteiger partial charge in [-0.05, 0) is 24.8 Å². The minimum Gasteiger partial charge on any atom is -0.467 e. The number of methoxy groups -OCH3 is 1. The molecule has 1 unspecified atom stereocenters. The lowest BCUT2D eigenvalue weighted by molar-refractivity contribution is -0.145. The molecule has 0 saturated heterocycles. The van der Waals surface area contributed by atoms with E-state index in [-0.39, 0.29) is 5.91 Å². The summed E-state index contributed by atoms with van der Waals surface area (Å²) in [5, 5.41) is 2.60. The third kappa shape index (κ3) is 4.99. The predicted molar refractivity (Wildman–Crippen MR) is 69.0 cm³/mol. The summed E-state index contributed by atoms with van der Waals surface area (Å²) in [6.07, 6.45) is 2.29. The maximum atomic E-state index is 11.5. The highest BCUT2D eigenvalue weighted by Crippen LogP contribution is 2.07. The van der Waals surface area contributed by atoms with E-state index >= 15 is 0 Å². The molecular weight excluding hydrogens is 230 g/mol. The number of aryl methyl sites for hydroxylation is 1. The van der Waals surface area contributed by atoms with Crippen LogP contribution in [0.25, 0.3) is 0 Å². The van der Waals surface area contributed by atoms with Gasteiger partial charge in [-0.25, -0.2) is 4.79 Å². The summed E-state index contributed by atoms with van der Waals surface area (Å²) >= 11 is 0. The Labute approximate surface area is 107 Å². The Kier molecular flexibility index (Phi) is 5.91. The molecule has 1 rings (SSSR count). The molecular formula is C14H19NO3. The van der Waals surface area contributed by atoms with Crippen molar-refractivity contribution in [2.24, 2.45) is 0 Å². The van der Waals surface area contributed by atoms with Crippen molar-refractivity contribution in [3.8, 4) is 0 Å². The molecule has 0 bridgehead atoms. The zero-order chi connectivity index (χ0) is 13.4. The Morgan fingerprint density at radius 1 is 1.28 bits per heavy atom. The fraction of sp³-hybridized carbons (Fsp3) is 0.429. The second kappa shape index (κ2) is 7.48. The first-order chi connectivity index (χ1) is 8.63. The Balaban J connectivity index is 2.42. The fourth-order valence-corrected chi connectivity index (χ4v) is 1.79. The lowest BCUT2D eigenvalue weighted by atomic mass is 10.0. The van der Waals surface area contributed by atoms with Gasteiger partial charge in [-0.15, -0.1) is 0 Å². The van der Waals surface area contributed by atoms with E-state index in [2.05, 4.69) is 10.1 Å². The van der Waals surface area contributed by atoms with Crippen LogP contribution < -0.4 is 5.32 Å². The van der Waals surface area contributed by atoms with E-state index < -0.39 is 12.0 Å². The molecule has 1 aromatic rings. The Morgan fingerprint density at radius 2 is 1.94 bits per heavy atom. The maximum absolute atomic E-state index is 11.5. The number of esters is 1. The van der Waals surface area contributed by atoms with E-state index in [1.807, 2.05) is 30.3 Å². The molecule has 18 heavy (non-hydrogen) atoms. The van der Waals surface area contributed by atoms with Crippen LogP contribution in [0.1, 0.15) is 25.3 Å². The third-order valence-corrected chi connectivity index (χ3v) is 2.66. The Morgan fingerprint density at radius 3 is 2.50 bits per heavy atom. The summed E-state index contributed by atoms with van der Waals surface area (Å²) < 4.78 is 4.66. The molecule has 0 heterocycles. The number of hydrogen-bond acceptors (Lipinski definition) is 3. The van der Waals surface area contributed by atoms with Crippen LogP contribution in [0.15, 0.2) is 30.3 Å². The molecule has 0 saturated carbocycles. The van der Waals surface area contributed by atoms with Crippen LogP contribution in [0.3, 0.4) is 0 Å². The van der Waals surface area contributed by atoms with Crippen LogP contribution in [-0.2, 0) is 20.7 Å². The average Bonchev–Trinajstić information content (AvgIpc) is 2.37. The first kappa shape index (κ1) is 14.2. The molecule has 0 radical (unpaired) electrons. The molecule has 0 spiro atoms. The highest BCUT2D eigenvalue weighted by Gasteiger charge is 2.19. The van der Waals surface area contributed by atoms with E-state index in [9.17, 15) is 9.59 Å². The standard InChI is InChI=1S/C14H19NO3/c1-11(16)15-13(14(17)18-2)10-6-9-12-7-4-3-5-8-12/h3-5,7-8,13H,6,9-10H2,1-2H3,(H,15,16). The summed E-state index contributed by atoms with van der Waals surface area (Å²) in [5.74, 6) is -0.608. The average molecular weight is 249 g/mol. The molecule has 98 valence electrons. The third-order valence-electron chi connectivity index (χ3n) is 2.66. The quantitative estimate of drug-likeness (QED) is 0.780. The van der Waals surface area contributed by atoms with Crippen molar-refractivity contribution >= 4 is 11.9 Å². The fourth-order valence-electron chi connectivity index (χ4n) is 1.79. The van der Waals surface area contributed by atoms with Crippen LogP contribution in [-0.4, -0.2) is 25.0 Å². The van der Waals surface area contributed by atoms with Gasteiger partial charge in [-0.1, -0.05) is 30.3 Å². The zero-order valence-corrected chi connectivity index (χ0v) is 10.8. The number of amides is 1. The molecule has 0 fully saturated rings. The van der Waals surface area contributed by atoms with Crippen LogP contribution in [0.4, 0.5) is 0 Å². The van der Waals surface area contributed by atoms with E-state index in [1.54, 1.807) is 0 Å². The molecule has 0 aliphatic rings. The SMILES string of the molecule is COC(=O)C(CCCc1ccccc1)NC(C)=O. The van der Waals surface area contributed by atoms with Crippen molar-refractivity contribution in [2.75, 3.05) is 7.11 Å². The summed E-state index contributed by atoms with van der Waals surface area (Å²) in [7, 11) is 1.33. The lowest BCUT2D eigenvalue weighted by Crippen LogP contribution is -2.40. The molecule has 0 aliphatic heterocycles. The lowest BCUT2D eigenvalue weighted by Gasteiger charge is -2.15. The van der Waals surface area contributed by atoms with Crippen molar-refractivity contribution in [1.82, 2.24) is 5.32 Å². The van der Waals surface area contributed by atoms with E-state index in [0.29, 0.717) is 6.42 Å². The predicted octanol–water partition coefficient (Wildman–Crippen LogP) is 1.69. The second-order valence-corrected chi connectivity index (χ2v) is 4.15. The number of carbonyl (C=O) groups is 2. The van der Waals surface area contributed by atoms with E-state index in [0.717, 1.165) is 12.8 Å². The van der Waals surface area contributed by atoms with Gasteiger partial charge >= 0.3 is 5.97 Å². The van der Waals surface area contributed by atoms with Crippen LogP contribution >= 0.6 is 0 Å². The maximum Gasteiger partial charge on any atom is 0.328 e. The van der Waals surface area contributed by atoms with Crippen molar-refractivity contribution in [2.45, 2.75) is 32.2 Å². The first-order valence-electron chi connectivity index (χ1n) is 6.02. The van der Waals surface area contributed by atoms with Crippen molar-refractivity contribution in [3.63, 3.8) is 0 Å². The van der Waals surface area contributed by atoms with Gasteiger partial charge in [-0.2, -0.15) is 0 Å². The number of rotatable bonds is 6. The second-order valence-electron chi connectivity index (χ2n) is 4.15. The van der Waals surface area contributed by atoms with Gasteiger partial charge in [-0.3, -0.25) is 4.79 Å². The number of carbonyl (C=O) groups excluding carboxylic acids is 2. The molecule has 0 aromatic heterocycles. The minimum absolute atomic E-state index is 0.217. The first-order valence-corrected chi connectivity index (χ1v) is 6.02. The molecule has 1 N–H and O–H groups in total. The zero-order valence-electron chi connectivity index (χ0n) is 10.8. The highest BCUT2D eigenvalue weighted by atomic mass is 16.5. The van der Waals surface area contributed by atoms with Gasteiger partial charge in [0, 0.05) is 6.92 Å². The van der Waals surface area contributed by atoms with Crippen molar-refractivity contribution in [1.29, 1.82) is 0 Å². The normalized spacial score (nSPS) is 11.7. The molecule has 4 nitrogen and oxygen atoms in total. The van der Waals surface area contributed by atoms with Crippen molar-refractivity contribution < 1.29 is 14.3 Å². The van der Waals surface area contributed by atoms with Gasteiger partial charge in [0.25, 0.3) is 0 Å². The number of ether oxygens (including phenoxy) is 1. The van der Waals surface area contributed by atoms with Crippen molar-refractivity contribution in [3.05, 3.63) is 35.9 Å². The summed E-state index contributed by atoms with van der Waals surface area (Å²) in [4.78, 5) is 22.4. The Bertz CT molecular complexity index is 389. The van der Waals surface area contributed by atoms with Crippen LogP contribution in [0.2, 0.25) is 0 Å². The minimum atomic E-state index is -0.545. The van der Waals surface area contributed by atoms with E-state index in [1.165, 1.54) is 19.6 Å².